The van der Waals surface area contributed by atoms with Crippen LogP contribution in [0.25, 0.3) is 11.3 Å². The lowest BCUT2D eigenvalue weighted by Gasteiger charge is -2.21. The molecule has 0 amide bonds. The van der Waals surface area contributed by atoms with Gasteiger partial charge in [-0.3, -0.25) is 0 Å². The maximum absolute atomic E-state index is 5.83. The van der Waals surface area contributed by atoms with E-state index in [2.05, 4.69) is 31.2 Å². The van der Waals surface area contributed by atoms with Gasteiger partial charge < -0.3 is 5.73 Å². The Morgan fingerprint density at radius 2 is 1.95 bits per heavy atom. The quantitative estimate of drug-likeness (QED) is 0.893. The van der Waals surface area contributed by atoms with Crippen LogP contribution in [0.2, 0.25) is 0 Å². The first-order valence-corrected chi connectivity index (χ1v) is 8.37. The third-order valence-corrected chi connectivity index (χ3v) is 5.49. The number of benzene rings is 1. The number of nitrogens with zero attached hydrogens (tertiary/aromatic N) is 1. The third kappa shape index (κ3) is 2.65. The lowest BCUT2D eigenvalue weighted by molar-refractivity contribution is 0.448. The van der Waals surface area contributed by atoms with Crippen molar-refractivity contribution in [2.24, 2.45) is 5.73 Å². The Hall–Kier alpha value is -1.19. The van der Waals surface area contributed by atoms with Gasteiger partial charge in [-0.05, 0) is 31.2 Å². The summed E-state index contributed by atoms with van der Waals surface area (Å²) in [4.78, 5) is 6.30. The topological polar surface area (TPSA) is 38.9 Å². The maximum Gasteiger partial charge on any atom is 0.107 e. The highest BCUT2D eigenvalue weighted by Crippen LogP contribution is 2.41. The van der Waals surface area contributed by atoms with Crippen LogP contribution in [0, 0.1) is 6.92 Å². The van der Waals surface area contributed by atoms with Gasteiger partial charge in [-0.2, -0.15) is 0 Å². The van der Waals surface area contributed by atoms with Crippen molar-refractivity contribution in [1.29, 1.82) is 0 Å². The molecule has 1 heterocycles. The molecule has 0 atom stereocenters. The first kappa shape index (κ1) is 13.8. The van der Waals surface area contributed by atoms with Gasteiger partial charge in [-0.25, -0.2) is 4.98 Å². The molecule has 1 aromatic carbocycles. The van der Waals surface area contributed by atoms with Gasteiger partial charge in [-0.15, -0.1) is 11.3 Å². The van der Waals surface area contributed by atoms with E-state index in [0.717, 1.165) is 5.01 Å². The van der Waals surface area contributed by atoms with E-state index >= 15 is 0 Å². The minimum atomic E-state index is 0.552. The Kier molecular flexibility index (Phi) is 4.18. The zero-order valence-electron chi connectivity index (χ0n) is 12.1. The average molecular weight is 286 g/mol. The molecular weight excluding hydrogens is 264 g/mol. The molecule has 0 saturated heterocycles. The number of aryl methyl sites for hydroxylation is 1. The van der Waals surface area contributed by atoms with E-state index < -0.39 is 0 Å². The summed E-state index contributed by atoms with van der Waals surface area (Å²) in [6, 6.07) is 8.56. The fourth-order valence-corrected chi connectivity index (χ4v) is 4.27. The number of thiazole rings is 1. The molecule has 2 aromatic rings. The zero-order chi connectivity index (χ0) is 13.9. The summed E-state index contributed by atoms with van der Waals surface area (Å²) < 4.78 is 0. The molecule has 1 aliphatic carbocycles. The molecule has 1 fully saturated rings. The number of rotatable bonds is 3. The highest BCUT2D eigenvalue weighted by atomic mass is 32.1. The molecule has 0 spiro atoms. The molecule has 20 heavy (non-hydrogen) atoms. The highest BCUT2D eigenvalue weighted by Gasteiger charge is 2.23. The minimum absolute atomic E-state index is 0.552. The largest absolute Gasteiger partial charge is 0.325 e. The van der Waals surface area contributed by atoms with Gasteiger partial charge in [0.1, 0.15) is 5.01 Å². The van der Waals surface area contributed by atoms with Crippen LogP contribution < -0.4 is 5.73 Å². The third-order valence-electron chi connectivity index (χ3n) is 4.25. The molecule has 1 aromatic heterocycles. The highest BCUT2D eigenvalue weighted by molar-refractivity contribution is 7.12. The second-order valence-corrected chi connectivity index (χ2v) is 6.79. The molecule has 2 nitrogen and oxygen atoms in total. The van der Waals surface area contributed by atoms with Crippen LogP contribution in [-0.2, 0) is 6.54 Å². The van der Waals surface area contributed by atoms with E-state index in [0.29, 0.717) is 12.5 Å². The molecule has 2 N–H and O–H groups in total. The van der Waals surface area contributed by atoms with E-state index in [1.54, 1.807) is 0 Å². The maximum atomic E-state index is 5.83. The molecule has 3 heteroatoms. The molecule has 1 saturated carbocycles. The molecule has 106 valence electrons. The summed E-state index contributed by atoms with van der Waals surface area (Å²) in [5.41, 5.74) is 9.61. The first-order valence-electron chi connectivity index (χ1n) is 7.55. The monoisotopic (exact) mass is 286 g/mol. The molecular formula is C17H22N2S. The Bertz CT molecular complexity index is 582. The number of hydrogen-bond donors (Lipinski definition) is 1. The van der Waals surface area contributed by atoms with Crippen molar-refractivity contribution in [3.8, 4) is 11.3 Å². The van der Waals surface area contributed by atoms with Crippen LogP contribution in [0.15, 0.2) is 24.3 Å². The van der Waals surface area contributed by atoms with Crippen molar-refractivity contribution < 1.29 is 0 Å². The van der Waals surface area contributed by atoms with Crippen molar-refractivity contribution in [2.45, 2.75) is 51.5 Å². The number of aromatic nitrogens is 1. The van der Waals surface area contributed by atoms with Gasteiger partial charge in [0, 0.05) is 17.0 Å². The Labute approximate surface area is 125 Å². The fraction of sp³-hybridized carbons (Fsp3) is 0.471. The predicted molar refractivity (Wildman–Crippen MR) is 86.0 cm³/mol. The minimum Gasteiger partial charge on any atom is -0.325 e. The van der Waals surface area contributed by atoms with E-state index in [-0.39, 0.29) is 0 Å². The second-order valence-electron chi connectivity index (χ2n) is 5.67. The second kappa shape index (κ2) is 6.06. The summed E-state index contributed by atoms with van der Waals surface area (Å²) in [7, 11) is 0. The van der Waals surface area contributed by atoms with Gasteiger partial charge in [0.25, 0.3) is 0 Å². The SMILES string of the molecule is Cc1ccccc1-c1nc(CN)sc1C1CCCCC1. The van der Waals surface area contributed by atoms with Gasteiger partial charge in [0.05, 0.1) is 5.69 Å². The van der Waals surface area contributed by atoms with Gasteiger partial charge >= 0.3 is 0 Å². The van der Waals surface area contributed by atoms with Crippen LogP contribution in [0.3, 0.4) is 0 Å². The number of nitrogens with two attached hydrogens (primary N) is 1. The van der Waals surface area contributed by atoms with Crippen molar-refractivity contribution >= 4 is 11.3 Å². The van der Waals surface area contributed by atoms with Crippen LogP contribution in [-0.4, -0.2) is 4.98 Å². The van der Waals surface area contributed by atoms with Crippen molar-refractivity contribution in [3.05, 3.63) is 39.7 Å². The van der Waals surface area contributed by atoms with Gasteiger partial charge in [-0.1, -0.05) is 43.5 Å². The zero-order valence-corrected chi connectivity index (χ0v) is 12.9. The van der Waals surface area contributed by atoms with Crippen molar-refractivity contribution in [2.75, 3.05) is 0 Å². The summed E-state index contributed by atoms with van der Waals surface area (Å²) >= 11 is 1.83. The lowest BCUT2D eigenvalue weighted by Crippen LogP contribution is -2.04. The van der Waals surface area contributed by atoms with Crippen molar-refractivity contribution in [1.82, 2.24) is 4.98 Å². The molecule has 3 rings (SSSR count). The van der Waals surface area contributed by atoms with Crippen LogP contribution in [0.5, 0.6) is 0 Å². The van der Waals surface area contributed by atoms with Crippen LogP contribution >= 0.6 is 11.3 Å². The average Bonchev–Trinajstić information content (AvgIpc) is 2.93. The molecule has 0 bridgehead atoms. The van der Waals surface area contributed by atoms with E-state index in [1.165, 1.54) is 53.8 Å². The van der Waals surface area contributed by atoms with Gasteiger partial charge in [0.15, 0.2) is 0 Å². The number of hydrogen-bond acceptors (Lipinski definition) is 3. The summed E-state index contributed by atoms with van der Waals surface area (Å²) in [5.74, 6) is 0.691. The molecule has 0 radical (unpaired) electrons. The standard InChI is InChI=1S/C17H22N2S/c1-12-7-5-6-10-14(12)16-17(20-15(11-18)19-16)13-8-3-2-4-9-13/h5-7,10,13H,2-4,8-9,11,18H2,1H3. The van der Waals surface area contributed by atoms with Crippen LogP contribution in [0.1, 0.15) is 53.5 Å². The van der Waals surface area contributed by atoms with E-state index in [1.807, 2.05) is 11.3 Å². The Morgan fingerprint density at radius 3 is 2.65 bits per heavy atom. The molecule has 0 unspecified atom stereocenters. The van der Waals surface area contributed by atoms with E-state index in [4.69, 9.17) is 10.7 Å². The Morgan fingerprint density at radius 1 is 1.20 bits per heavy atom. The molecule has 0 aliphatic heterocycles. The fourth-order valence-electron chi connectivity index (χ4n) is 3.14. The summed E-state index contributed by atoms with van der Waals surface area (Å²) in [6.45, 7) is 2.72. The first-order chi connectivity index (χ1) is 9.79. The van der Waals surface area contributed by atoms with Crippen LogP contribution in [0.4, 0.5) is 0 Å². The lowest BCUT2D eigenvalue weighted by atomic mass is 9.86. The predicted octanol–water partition coefficient (Wildman–Crippen LogP) is 4.62. The van der Waals surface area contributed by atoms with E-state index in [9.17, 15) is 0 Å². The van der Waals surface area contributed by atoms with Crippen molar-refractivity contribution in [3.63, 3.8) is 0 Å². The smallest absolute Gasteiger partial charge is 0.107 e. The normalized spacial score (nSPS) is 16.5. The summed E-state index contributed by atoms with van der Waals surface area (Å²) in [5, 5.41) is 1.07. The molecule has 1 aliphatic rings. The Balaban J connectivity index is 2.05. The van der Waals surface area contributed by atoms with Gasteiger partial charge in [0.2, 0.25) is 0 Å². The summed E-state index contributed by atoms with van der Waals surface area (Å²) in [6.07, 6.45) is 6.72.